The first-order valence-electron chi connectivity index (χ1n) is 4.75. The van der Waals surface area contributed by atoms with Crippen LogP contribution in [0.15, 0.2) is 48.3 Å². The van der Waals surface area contributed by atoms with E-state index in [0.717, 1.165) is 5.57 Å². The van der Waals surface area contributed by atoms with Gasteiger partial charge in [-0.05, 0) is 36.8 Å². The van der Waals surface area contributed by atoms with Crippen LogP contribution in [0.3, 0.4) is 0 Å². The van der Waals surface area contributed by atoms with E-state index in [1.807, 2.05) is 0 Å². The quantitative estimate of drug-likeness (QED) is 0.415. The van der Waals surface area contributed by atoms with E-state index in [2.05, 4.69) is 6.58 Å². The number of aliphatic hydroxyl groups is 1. The Bertz CT molecular complexity index is 456. The summed E-state index contributed by atoms with van der Waals surface area (Å²) in [7, 11) is 0. The average molecular weight is 218 g/mol. The number of phenols is 2. The van der Waals surface area contributed by atoms with E-state index in [-0.39, 0.29) is 17.3 Å². The maximum Gasteiger partial charge on any atom is 0.157 e. The summed E-state index contributed by atoms with van der Waals surface area (Å²) in [6.07, 6.45) is 4.63. The van der Waals surface area contributed by atoms with Gasteiger partial charge in [0, 0.05) is 0 Å². The zero-order valence-corrected chi connectivity index (χ0v) is 9.01. The molecular weight excluding hydrogens is 204 g/mol. The topological polar surface area (TPSA) is 60.7 Å². The normalized spacial score (nSPS) is 11.9. The van der Waals surface area contributed by atoms with Crippen LogP contribution in [-0.4, -0.2) is 15.3 Å². The highest BCUT2D eigenvalue weighted by molar-refractivity contribution is 5.57. The van der Waals surface area contributed by atoms with E-state index in [1.54, 1.807) is 19.1 Å². The fourth-order valence-electron chi connectivity index (χ4n) is 1.13. The predicted molar refractivity (Wildman–Crippen MR) is 64.3 cm³/mol. The minimum Gasteiger partial charge on any atom is -0.508 e. The van der Waals surface area contributed by atoms with Gasteiger partial charge < -0.3 is 15.3 Å². The molecular formula is C13H14O3. The number of benzene rings is 1. The molecule has 1 rings (SSSR count). The third kappa shape index (κ3) is 3.53. The van der Waals surface area contributed by atoms with Crippen LogP contribution in [0.4, 0.5) is 0 Å². The maximum absolute atomic E-state index is 9.41. The van der Waals surface area contributed by atoms with Gasteiger partial charge >= 0.3 is 0 Å². The molecule has 0 fully saturated rings. The zero-order chi connectivity index (χ0) is 12.1. The predicted octanol–water partition coefficient (Wildman–Crippen LogP) is 3.13. The summed E-state index contributed by atoms with van der Waals surface area (Å²) < 4.78 is 0. The van der Waals surface area contributed by atoms with Crippen molar-refractivity contribution in [2.24, 2.45) is 0 Å². The Morgan fingerprint density at radius 3 is 2.50 bits per heavy atom. The van der Waals surface area contributed by atoms with Crippen molar-refractivity contribution in [2.75, 3.05) is 0 Å². The summed E-state index contributed by atoms with van der Waals surface area (Å²) >= 11 is 0. The zero-order valence-electron chi connectivity index (χ0n) is 9.01. The molecule has 1 aromatic rings. The number of allylic oxidation sites excluding steroid dienone is 3. The highest BCUT2D eigenvalue weighted by Crippen LogP contribution is 2.25. The van der Waals surface area contributed by atoms with Crippen molar-refractivity contribution in [2.45, 2.75) is 6.92 Å². The molecule has 0 aliphatic heterocycles. The van der Waals surface area contributed by atoms with Crippen molar-refractivity contribution >= 4 is 6.08 Å². The molecule has 0 bridgehead atoms. The van der Waals surface area contributed by atoms with Gasteiger partial charge in [-0.3, -0.25) is 0 Å². The van der Waals surface area contributed by atoms with Crippen molar-refractivity contribution in [1.29, 1.82) is 0 Å². The van der Waals surface area contributed by atoms with Gasteiger partial charge in [-0.15, -0.1) is 0 Å². The van der Waals surface area contributed by atoms with Crippen molar-refractivity contribution in [1.82, 2.24) is 0 Å². The second-order valence-corrected chi connectivity index (χ2v) is 3.50. The van der Waals surface area contributed by atoms with Crippen molar-refractivity contribution < 1.29 is 15.3 Å². The number of phenolic OH excluding ortho intramolecular Hbond substituents is 2. The lowest BCUT2D eigenvalue weighted by atomic mass is 10.1. The van der Waals surface area contributed by atoms with Crippen molar-refractivity contribution in [3.8, 4) is 11.5 Å². The molecule has 0 saturated carbocycles. The van der Waals surface area contributed by atoms with Crippen molar-refractivity contribution in [3.05, 3.63) is 53.8 Å². The lowest BCUT2D eigenvalue weighted by molar-refractivity contribution is 0.403. The number of rotatable bonds is 3. The van der Waals surface area contributed by atoms with Crippen LogP contribution in [0.25, 0.3) is 6.08 Å². The van der Waals surface area contributed by atoms with E-state index < -0.39 is 0 Å². The molecule has 84 valence electrons. The van der Waals surface area contributed by atoms with Gasteiger partial charge in [0.25, 0.3) is 0 Å². The maximum atomic E-state index is 9.41. The van der Waals surface area contributed by atoms with Crippen LogP contribution in [-0.2, 0) is 0 Å². The largest absolute Gasteiger partial charge is 0.508 e. The van der Waals surface area contributed by atoms with E-state index in [9.17, 15) is 10.2 Å². The van der Waals surface area contributed by atoms with Gasteiger partial charge in [-0.2, -0.15) is 0 Å². The third-order valence-electron chi connectivity index (χ3n) is 1.84. The molecule has 0 atom stereocenters. The average Bonchev–Trinajstić information content (AvgIpc) is 2.19. The van der Waals surface area contributed by atoms with Crippen LogP contribution in [0, 0.1) is 0 Å². The van der Waals surface area contributed by atoms with Crippen LogP contribution < -0.4 is 0 Å². The van der Waals surface area contributed by atoms with Crippen LogP contribution in [0.1, 0.15) is 12.5 Å². The molecule has 0 aliphatic carbocycles. The molecule has 0 amide bonds. The second kappa shape index (κ2) is 5.07. The van der Waals surface area contributed by atoms with Gasteiger partial charge in [0.15, 0.2) is 11.5 Å². The minimum atomic E-state index is -0.189. The highest BCUT2D eigenvalue weighted by Gasteiger charge is 1.97. The molecule has 0 spiro atoms. The molecule has 0 saturated heterocycles. The summed E-state index contributed by atoms with van der Waals surface area (Å²) in [6.45, 7) is 5.41. The van der Waals surface area contributed by atoms with Gasteiger partial charge in [0.05, 0.1) is 0 Å². The molecule has 0 aromatic heterocycles. The Labute approximate surface area is 94.3 Å². The Morgan fingerprint density at radius 2 is 1.94 bits per heavy atom. The van der Waals surface area contributed by atoms with Crippen LogP contribution >= 0.6 is 0 Å². The molecule has 0 aliphatic rings. The molecule has 3 N–H and O–H groups in total. The Morgan fingerprint density at radius 1 is 1.25 bits per heavy atom. The van der Waals surface area contributed by atoms with E-state index >= 15 is 0 Å². The first-order chi connectivity index (χ1) is 7.49. The summed E-state index contributed by atoms with van der Waals surface area (Å²) in [4.78, 5) is 0. The molecule has 0 unspecified atom stereocenters. The molecule has 3 heteroatoms. The molecule has 0 radical (unpaired) electrons. The standard InChI is InChI=1S/C13H14O3/c1-9(2)7-11(14)5-3-10-4-6-12(15)13(16)8-10/h3-8,14-16H,1H2,2H3/b5-3+,11-7-. The third-order valence-corrected chi connectivity index (χ3v) is 1.84. The van der Waals surface area contributed by atoms with Crippen LogP contribution in [0.2, 0.25) is 0 Å². The SMILES string of the molecule is C=C(C)/C=C(O)/C=C/c1ccc(O)c(O)c1. The minimum absolute atomic E-state index is 0.0834. The fourth-order valence-corrected chi connectivity index (χ4v) is 1.13. The first kappa shape index (κ1) is 11.9. The Hall–Kier alpha value is -2.16. The van der Waals surface area contributed by atoms with E-state index in [1.165, 1.54) is 24.3 Å². The lowest BCUT2D eigenvalue weighted by Gasteiger charge is -1.98. The van der Waals surface area contributed by atoms with Gasteiger partial charge in [0.1, 0.15) is 5.76 Å². The summed E-state index contributed by atoms with van der Waals surface area (Å²) in [5.74, 6) is -0.274. The second-order valence-electron chi connectivity index (χ2n) is 3.50. The van der Waals surface area contributed by atoms with Crippen molar-refractivity contribution in [3.63, 3.8) is 0 Å². The summed E-state index contributed by atoms with van der Waals surface area (Å²) in [6, 6.07) is 4.41. The number of hydrogen-bond donors (Lipinski definition) is 3. The van der Waals surface area contributed by atoms with E-state index in [4.69, 9.17) is 5.11 Å². The molecule has 0 heterocycles. The first-order valence-corrected chi connectivity index (χ1v) is 4.75. The number of aromatic hydroxyl groups is 2. The molecule has 16 heavy (non-hydrogen) atoms. The van der Waals surface area contributed by atoms with Crippen LogP contribution in [0.5, 0.6) is 11.5 Å². The molecule has 1 aromatic carbocycles. The molecule has 3 nitrogen and oxygen atoms in total. The van der Waals surface area contributed by atoms with E-state index in [0.29, 0.717) is 5.56 Å². The smallest absolute Gasteiger partial charge is 0.157 e. The Kier molecular flexibility index (Phi) is 3.78. The number of aliphatic hydroxyl groups excluding tert-OH is 1. The van der Waals surface area contributed by atoms with Gasteiger partial charge in [0.2, 0.25) is 0 Å². The number of hydrogen-bond acceptors (Lipinski definition) is 3. The highest BCUT2D eigenvalue weighted by atomic mass is 16.3. The summed E-state index contributed by atoms with van der Waals surface area (Å²) in [5, 5.41) is 27.7. The van der Waals surface area contributed by atoms with Gasteiger partial charge in [-0.25, -0.2) is 0 Å². The monoisotopic (exact) mass is 218 g/mol. The Balaban J connectivity index is 2.84. The fraction of sp³-hybridized carbons (Fsp3) is 0.0769. The summed E-state index contributed by atoms with van der Waals surface area (Å²) in [5.41, 5.74) is 1.42. The van der Waals surface area contributed by atoms with Gasteiger partial charge in [-0.1, -0.05) is 24.3 Å². The lowest BCUT2D eigenvalue weighted by Crippen LogP contribution is -1.77.